The highest BCUT2D eigenvalue weighted by molar-refractivity contribution is 5.84. The van der Waals surface area contributed by atoms with Gasteiger partial charge in [-0.3, -0.25) is 5.32 Å². The summed E-state index contributed by atoms with van der Waals surface area (Å²) in [5, 5.41) is 2.71. The molecule has 1 rings (SSSR count). The van der Waals surface area contributed by atoms with Gasteiger partial charge in [0.25, 0.3) is 0 Å². The van der Waals surface area contributed by atoms with Gasteiger partial charge < -0.3 is 4.74 Å². The molecule has 0 heterocycles. The lowest BCUT2D eigenvalue weighted by Crippen LogP contribution is -2.14. The molecule has 1 aromatic carbocycles. The number of carbonyl (C=O) groups is 1. The minimum atomic E-state index is -0.402. The zero-order valence-corrected chi connectivity index (χ0v) is 11.0. The van der Waals surface area contributed by atoms with Crippen LogP contribution in [0.2, 0.25) is 0 Å². The summed E-state index contributed by atoms with van der Waals surface area (Å²) in [6.07, 6.45) is 0.575. The maximum absolute atomic E-state index is 11.3. The van der Waals surface area contributed by atoms with E-state index in [4.69, 9.17) is 4.74 Å². The first-order valence-corrected chi connectivity index (χ1v) is 5.93. The summed E-state index contributed by atoms with van der Waals surface area (Å²) in [7, 11) is 0. The fourth-order valence-electron chi connectivity index (χ4n) is 1.66. The Kier molecular flexibility index (Phi) is 4.55. The Bertz CT molecular complexity index is 380. The number of nitrogens with one attached hydrogen (secondary N) is 1. The van der Waals surface area contributed by atoms with Crippen LogP contribution in [0.3, 0.4) is 0 Å². The summed E-state index contributed by atoms with van der Waals surface area (Å²) < 4.78 is 4.84. The number of carbonyl (C=O) groups excluding carboxylic acids is 1. The number of hydrogen-bond donors (Lipinski definition) is 1. The Balaban J connectivity index is 2.69. The van der Waals surface area contributed by atoms with Gasteiger partial charge in [-0.2, -0.15) is 0 Å². The van der Waals surface area contributed by atoms with Crippen molar-refractivity contribution < 1.29 is 9.53 Å². The van der Waals surface area contributed by atoms with E-state index in [0.717, 1.165) is 12.1 Å². The van der Waals surface area contributed by atoms with Gasteiger partial charge in [0, 0.05) is 5.69 Å². The average molecular weight is 235 g/mol. The van der Waals surface area contributed by atoms with Gasteiger partial charge in [0.05, 0.1) is 6.61 Å². The highest BCUT2D eigenvalue weighted by atomic mass is 16.5. The van der Waals surface area contributed by atoms with Gasteiger partial charge in [0.2, 0.25) is 0 Å². The van der Waals surface area contributed by atoms with Crippen LogP contribution in [0.4, 0.5) is 10.5 Å². The molecule has 0 spiro atoms. The maximum atomic E-state index is 11.3. The van der Waals surface area contributed by atoms with Crippen molar-refractivity contribution in [3.05, 3.63) is 29.8 Å². The molecule has 94 valence electrons. The predicted octanol–water partition coefficient (Wildman–Crippen LogP) is 3.84. The fraction of sp³-hybridized carbons (Fsp3) is 0.500. The third kappa shape index (κ3) is 5.38. The Morgan fingerprint density at radius 1 is 1.35 bits per heavy atom. The topological polar surface area (TPSA) is 38.3 Å². The number of rotatable bonds is 3. The Morgan fingerprint density at radius 2 is 2.06 bits per heavy atom. The van der Waals surface area contributed by atoms with Crippen LogP contribution in [0.25, 0.3) is 0 Å². The lowest BCUT2D eigenvalue weighted by Gasteiger charge is -2.18. The van der Waals surface area contributed by atoms with Crippen LogP contribution in [0.5, 0.6) is 0 Å². The average Bonchev–Trinajstić information content (AvgIpc) is 2.15. The SMILES string of the molecule is CCOC(=O)Nc1cccc(CC(C)(C)C)c1. The highest BCUT2D eigenvalue weighted by Crippen LogP contribution is 2.22. The molecule has 0 aliphatic heterocycles. The summed E-state index contributed by atoms with van der Waals surface area (Å²) in [5.41, 5.74) is 2.24. The molecule has 1 aromatic rings. The molecule has 0 aliphatic rings. The van der Waals surface area contributed by atoms with Crippen molar-refractivity contribution in [1.29, 1.82) is 0 Å². The molecule has 1 amide bonds. The van der Waals surface area contributed by atoms with Gasteiger partial charge in [-0.15, -0.1) is 0 Å². The Labute approximate surface area is 103 Å². The van der Waals surface area contributed by atoms with Crippen LogP contribution in [0.15, 0.2) is 24.3 Å². The lowest BCUT2D eigenvalue weighted by molar-refractivity contribution is 0.168. The molecule has 3 nitrogen and oxygen atoms in total. The standard InChI is InChI=1S/C14H21NO2/c1-5-17-13(16)15-12-8-6-7-11(9-12)10-14(2,3)4/h6-9H,5,10H2,1-4H3,(H,15,16). The smallest absolute Gasteiger partial charge is 0.411 e. The van der Waals surface area contributed by atoms with E-state index in [1.807, 2.05) is 18.2 Å². The molecule has 0 saturated heterocycles. The molecule has 0 aromatic heterocycles. The quantitative estimate of drug-likeness (QED) is 0.864. The molecule has 0 bridgehead atoms. The second-order valence-corrected chi connectivity index (χ2v) is 5.28. The van der Waals surface area contributed by atoms with Crippen LogP contribution in [-0.4, -0.2) is 12.7 Å². The number of benzene rings is 1. The molecular weight excluding hydrogens is 214 g/mol. The van der Waals surface area contributed by atoms with Crippen molar-refractivity contribution in [3.8, 4) is 0 Å². The molecule has 0 fully saturated rings. The van der Waals surface area contributed by atoms with E-state index in [1.54, 1.807) is 6.92 Å². The van der Waals surface area contributed by atoms with E-state index in [9.17, 15) is 4.79 Å². The first-order valence-electron chi connectivity index (χ1n) is 5.93. The van der Waals surface area contributed by atoms with Crippen LogP contribution in [-0.2, 0) is 11.2 Å². The number of hydrogen-bond acceptors (Lipinski definition) is 2. The molecule has 0 atom stereocenters. The molecule has 0 radical (unpaired) electrons. The van der Waals surface area contributed by atoms with E-state index in [0.29, 0.717) is 6.61 Å². The van der Waals surface area contributed by atoms with Gasteiger partial charge in [-0.05, 0) is 36.5 Å². The minimum absolute atomic E-state index is 0.239. The maximum Gasteiger partial charge on any atom is 0.411 e. The Hall–Kier alpha value is -1.51. The van der Waals surface area contributed by atoms with Gasteiger partial charge in [0.15, 0.2) is 0 Å². The van der Waals surface area contributed by atoms with Crippen molar-refractivity contribution in [2.75, 3.05) is 11.9 Å². The first kappa shape index (κ1) is 13.6. The normalized spacial score (nSPS) is 11.1. The summed E-state index contributed by atoms with van der Waals surface area (Å²) in [5.74, 6) is 0. The van der Waals surface area contributed by atoms with Gasteiger partial charge >= 0.3 is 6.09 Å². The zero-order valence-electron chi connectivity index (χ0n) is 11.0. The van der Waals surface area contributed by atoms with Gasteiger partial charge in [-0.25, -0.2) is 4.79 Å². The van der Waals surface area contributed by atoms with Gasteiger partial charge in [-0.1, -0.05) is 32.9 Å². The second kappa shape index (κ2) is 5.71. The number of ether oxygens (including phenoxy) is 1. The summed E-state index contributed by atoms with van der Waals surface area (Å²) >= 11 is 0. The second-order valence-electron chi connectivity index (χ2n) is 5.28. The highest BCUT2D eigenvalue weighted by Gasteiger charge is 2.11. The first-order chi connectivity index (χ1) is 7.90. The van der Waals surface area contributed by atoms with Crippen LogP contribution in [0.1, 0.15) is 33.3 Å². The van der Waals surface area contributed by atoms with Crippen molar-refractivity contribution >= 4 is 11.8 Å². The molecule has 1 N–H and O–H groups in total. The fourth-order valence-corrected chi connectivity index (χ4v) is 1.66. The van der Waals surface area contributed by atoms with E-state index in [2.05, 4.69) is 32.2 Å². The molecule has 17 heavy (non-hydrogen) atoms. The van der Waals surface area contributed by atoms with Gasteiger partial charge in [0.1, 0.15) is 0 Å². The van der Waals surface area contributed by atoms with Crippen LogP contribution < -0.4 is 5.32 Å². The van der Waals surface area contributed by atoms with E-state index in [1.165, 1.54) is 5.56 Å². The van der Waals surface area contributed by atoms with E-state index >= 15 is 0 Å². The summed E-state index contributed by atoms with van der Waals surface area (Å²) in [4.78, 5) is 11.3. The van der Waals surface area contributed by atoms with Crippen molar-refractivity contribution in [3.63, 3.8) is 0 Å². The molecule has 3 heteroatoms. The molecule has 0 unspecified atom stereocenters. The van der Waals surface area contributed by atoms with Crippen molar-refractivity contribution in [2.45, 2.75) is 34.1 Å². The van der Waals surface area contributed by atoms with Crippen molar-refractivity contribution in [2.24, 2.45) is 5.41 Å². The summed E-state index contributed by atoms with van der Waals surface area (Å²) in [6, 6.07) is 7.87. The molecule has 0 saturated carbocycles. The largest absolute Gasteiger partial charge is 0.450 e. The third-order valence-electron chi connectivity index (χ3n) is 2.18. The Morgan fingerprint density at radius 3 is 2.65 bits per heavy atom. The minimum Gasteiger partial charge on any atom is -0.450 e. The lowest BCUT2D eigenvalue weighted by atomic mass is 9.88. The molecule has 0 aliphatic carbocycles. The zero-order chi connectivity index (χ0) is 12.9. The third-order valence-corrected chi connectivity index (χ3v) is 2.18. The van der Waals surface area contributed by atoms with Crippen molar-refractivity contribution in [1.82, 2.24) is 0 Å². The number of amides is 1. The van der Waals surface area contributed by atoms with Crippen LogP contribution in [0, 0.1) is 5.41 Å². The van der Waals surface area contributed by atoms with Crippen LogP contribution >= 0.6 is 0 Å². The van der Waals surface area contributed by atoms with E-state index in [-0.39, 0.29) is 5.41 Å². The molecular formula is C14H21NO2. The summed E-state index contributed by atoms with van der Waals surface area (Å²) in [6.45, 7) is 8.75. The van der Waals surface area contributed by atoms with E-state index < -0.39 is 6.09 Å². The predicted molar refractivity (Wildman–Crippen MR) is 70.2 cm³/mol. The number of anilines is 1. The monoisotopic (exact) mass is 235 g/mol.